The fraction of sp³-hybridized carbons (Fsp3) is 0.769. The van der Waals surface area contributed by atoms with Crippen LogP contribution < -0.4 is 0 Å². The first kappa shape index (κ1) is 8.70. The molecule has 1 heteroatoms. The number of ketones is 1. The van der Waals surface area contributed by atoms with Crippen LogP contribution in [-0.4, -0.2) is 5.78 Å². The summed E-state index contributed by atoms with van der Waals surface area (Å²) in [4.78, 5) is 12.2. The van der Waals surface area contributed by atoms with Crippen molar-refractivity contribution in [3.05, 3.63) is 12.2 Å². The maximum atomic E-state index is 12.2. The minimum absolute atomic E-state index is 0.0457. The first-order valence-electron chi connectivity index (χ1n) is 5.78. The first-order valence-corrected chi connectivity index (χ1v) is 5.78. The minimum atomic E-state index is 0.0457. The molecule has 0 heterocycles. The standard InChI is InChI=1S/C13H18O/c1-9-7-10-3-5-12(2)6-4-11(14)13(10,12)8-9/h10H,1,3-8H2,2H3/t10-,12-,13+/m1/s1. The third-order valence-electron chi connectivity index (χ3n) is 5.28. The Morgan fingerprint density at radius 2 is 2.21 bits per heavy atom. The molecule has 0 unspecified atom stereocenters. The van der Waals surface area contributed by atoms with Gasteiger partial charge in [0.2, 0.25) is 0 Å². The van der Waals surface area contributed by atoms with Crippen molar-refractivity contribution in [3.8, 4) is 0 Å². The lowest BCUT2D eigenvalue weighted by atomic mass is 9.66. The van der Waals surface area contributed by atoms with E-state index in [0.717, 1.165) is 25.7 Å². The van der Waals surface area contributed by atoms with Gasteiger partial charge in [0.15, 0.2) is 0 Å². The molecule has 0 aromatic carbocycles. The van der Waals surface area contributed by atoms with Gasteiger partial charge in [-0.1, -0.05) is 19.1 Å². The van der Waals surface area contributed by atoms with E-state index in [1.807, 2.05) is 0 Å². The molecular weight excluding hydrogens is 172 g/mol. The van der Waals surface area contributed by atoms with Gasteiger partial charge in [0.1, 0.15) is 5.78 Å². The quantitative estimate of drug-likeness (QED) is 0.536. The molecule has 3 atom stereocenters. The van der Waals surface area contributed by atoms with Gasteiger partial charge in [-0.2, -0.15) is 0 Å². The highest BCUT2D eigenvalue weighted by Crippen LogP contribution is 2.70. The van der Waals surface area contributed by atoms with Crippen molar-refractivity contribution in [1.29, 1.82) is 0 Å². The second-order valence-corrected chi connectivity index (χ2v) is 5.82. The molecule has 0 amide bonds. The van der Waals surface area contributed by atoms with Crippen molar-refractivity contribution in [3.63, 3.8) is 0 Å². The molecule has 3 aliphatic carbocycles. The highest BCUT2D eigenvalue weighted by Gasteiger charge is 2.66. The van der Waals surface area contributed by atoms with Gasteiger partial charge in [-0.05, 0) is 43.4 Å². The van der Waals surface area contributed by atoms with Crippen LogP contribution in [0.2, 0.25) is 0 Å². The Bertz CT molecular complexity index is 330. The van der Waals surface area contributed by atoms with Crippen molar-refractivity contribution in [1.82, 2.24) is 0 Å². The number of rotatable bonds is 0. The zero-order valence-corrected chi connectivity index (χ0v) is 8.94. The summed E-state index contributed by atoms with van der Waals surface area (Å²) in [6.07, 6.45) is 6.64. The maximum absolute atomic E-state index is 12.2. The predicted octanol–water partition coefficient (Wildman–Crippen LogP) is 3.10. The van der Waals surface area contributed by atoms with E-state index >= 15 is 0 Å². The maximum Gasteiger partial charge on any atom is 0.140 e. The summed E-state index contributed by atoms with van der Waals surface area (Å²) >= 11 is 0. The zero-order chi connectivity index (χ0) is 9.97. The Balaban J connectivity index is 2.14. The molecule has 14 heavy (non-hydrogen) atoms. The molecule has 3 rings (SSSR count). The molecule has 0 aromatic rings. The molecule has 3 saturated carbocycles. The third-order valence-corrected chi connectivity index (χ3v) is 5.28. The third kappa shape index (κ3) is 0.721. The summed E-state index contributed by atoms with van der Waals surface area (Å²) in [5.41, 5.74) is 1.70. The molecule has 0 saturated heterocycles. The number of Topliss-reactive ketones (excluding diaryl/α,β-unsaturated/α-hetero) is 1. The lowest BCUT2D eigenvalue weighted by Gasteiger charge is -2.36. The first-order chi connectivity index (χ1) is 6.58. The smallest absolute Gasteiger partial charge is 0.140 e. The Labute approximate surface area is 85.6 Å². The van der Waals surface area contributed by atoms with Crippen molar-refractivity contribution in [2.75, 3.05) is 0 Å². The van der Waals surface area contributed by atoms with Crippen molar-refractivity contribution >= 4 is 5.78 Å². The Morgan fingerprint density at radius 3 is 3.00 bits per heavy atom. The Hall–Kier alpha value is -0.590. The molecular formula is C13H18O. The number of hydrogen-bond acceptors (Lipinski definition) is 1. The summed E-state index contributed by atoms with van der Waals surface area (Å²) < 4.78 is 0. The molecule has 0 N–H and O–H groups in total. The summed E-state index contributed by atoms with van der Waals surface area (Å²) in [6, 6.07) is 0. The van der Waals surface area contributed by atoms with Crippen LogP contribution in [0.3, 0.4) is 0 Å². The van der Waals surface area contributed by atoms with E-state index in [1.54, 1.807) is 0 Å². The van der Waals surface area contributed by atoms with Crippen LogP contribution >= 0.6 is 0 Å². The van der Waals surface area contributed by atoms with E-state index in [9.17, 15) is 4.79 Å². The van der Waals surface area contributed by atoms with Crippen LogP contribution in [0.4, 0.5) is 0 Å². The van der Waals surface area contributed by atoms with E-state index in [-0.39, 0.29) is 5.41 Å². The molecule has 1 spiro atoms. The molecule has 0 bridgehead atoms. The zero-order valence-electron chi connectivity index (χ0n) is 8.94. The lowest BCUT2D eigenvalue weighted by Crippen LogP contribution is -2.37. The monoisotopic (exact) mass is 190 g/mol. The van der Waals surface area contributed by atoms with Crippen LogP contribution in [0.25, 0.3) is 0 Å². The Morgan fingerprint density at radius 1 is 1.43 bits per heavy atom. The summed E-state index contributed by atoms with van der Waals surface area (Å²) in [5, 5.41) is 0. The van der Waals surface area contributed by atoms with Crippen LogP contribution in [0.15, 0.2) is 12.2 Å². The average molecular weight is 190 g/mol. The highest BCUT2D eigenvalue weighted by molar-refractivity contribution is 5.90. The minimum Gasteiger partial charge on any atom is -0.299 e. The molecule has 3 aliphatic rings. The number of carbonyl (C=O) groups is 1. The van der Waals surface area contributed by atoms with E-state index in [1.165, 1.54) is 18.4 Å². The summed E-state index contributed by atoms with van der Waals surface area (Å²) in [7, 11) is 0. The number of hydrogen-bond donors (Lipinski definition) is 0. The number of carbonyl (C=O) groups excluding carboxylic acids is 1. The van der Waals surface area contributed by atoms with Gasteiger partial charge in [-0.25, -0.2) is 0 Å². The van der Waals surface area contributed by atoms with Gasteiger partial charge in [0.25, 0.3) is 0 Å². The fourth-order valence-electron chi connectivity index (χ4n) is 4.53. The normalized spacial score (nSPS) is 51.1. The van der Waals surface area contributed by atoms with Gasteiger partial charge >= 0.3 is 0 Å². The SMILES string of the molecule is C=C1C[C@H]2CC[C@]3(C)CCC(=O)[C@]23C1. The van der Waals surface area contributed by atoms with Crippen molar-refractivity contribution in [2.24, 2.45) is 16.7 Å². The van der Waals surface area contributed by atoms with E-state index in [4.69, 9.17) is 0 Å². The molecule has 1 nitrogen and oxygen atoms in total. The Kier molecular flexibility index (Phi) is 1.44. The van der Waals surface area contributed by atoms with Gasteiger partial charge < -0.3 is 0 Å². The molecule has 0 aliphatic heterocycles. The largest absolute Gasteiger partial charge is 0.299 e. The summed E-state index contributed by atoms with van der Waals surface area (Å²) in [5.74, 6) is 1.20. The topological polar surface area (TPSA) is 17.1 Å². The second-order valence-electron chi connectivity index (χ2n) is 5.82. The predicted molar refractivity (Wildman–Crippen MR) is 55.9 cm³/mol. The van der Waals surface area contributed by atoms with Crippen molar-refractivity contribution in [2.45, 2.75) is 45.4 Å². The van der Waals surface area contributed by atoms with E-state index in [2.05, 4.69) is 13.5 Å². The van der Waals surface area contributed by atoms with Gasteiger partial charge in [0, 0.05) is 11.8 Å². The van der Waals surface area contributed by atoms with Gasteiger partial charge in [-0.3, -0.25) is 4.79 Å². The fourth-order valence-corrected chi connectivity index (χ4v) is 4.53. The molecule has 0 radical (unpaired) electrons. The number of allylic oxidation sites excluding steroid dienone is 1. The second kappa shape index (κ2) is 2.32. The van der Waals surface area contributed by atoms with Gasteiger partial charge in [0.05, 0.1) is 0 Å². The van der Waals surface area contributed by atoms with Crippen molar-refractivity contribution < 1.29 is 4.79 Å². The summed E-state index contributed by atoms with van der Waals surface area (Å²) in [6.45, 7) is 6.45. The molecule has 76 valence electrons. The van der Waals surface area contributed by atoms with Crippen LogP contribution in [0, 0.1) is 16.7 Å². The highest BCUT2D eigenvalue weighted by atomic mass is 16.1. The van der Waals surface area contributed by atoms with Crippen LogP contribution in [0.1, 0.15) is 45.4 Å². The molecule has 0 aromatic heterocycles. The van der Waals surface area contributed by atoms with E-state index in [0.29, 0.717) is 17.1 Å². The van der Waals surface area contributed by atoms with Crippen LogP contribution in [0.5, 0.6) is 0 Å². The molecule has 3 fully saturated rings. The lowest BCUT2D eigenvalue weighted by molar-refractivity contribution is -0.129. The van der Waals surface area contributed by atoms with Crippen LogP contribution in [-0.2, 0) is 4.79 Å². The average Bonchev–Trinajstić information content (AvgIpc) is 2.66. The van der Waals surface area contributed by atoms with Gasteiger partial charge in [-0.15, -0.1) is 0 Å². The van der Waals surface area contributed by atoms with E-state index < -0.39 is 0 Å².